The third-order valence-electron chi connectivity index (χ3n) is 6.71. The van der Waals surface area contributed by atoms with Crippen LogP contribution in [0.3, 0.4) is 0 Å². The molecule has 39 heavy (non-hydrogen) atoms. The molecule has 0 bridgehead atoms. The number of hydrogen-bond donors (Lipinski definition) is 4. The van der Waals surface area contributed by atoms with Crippen LogP contribution in [0.25, 0.3) is 0 Å². The van der Waals surface area contributed by atoms with E-state index in [9.17, 15) is 24.0 Å². The summed E-state index contributed by atoms with van der Waals surface area (Å²) in [5.74, 6) is -0.552. The maximum absolute atomic E-state index is 13.1. The van der Waals surface area contributed by atoms with Crippen molar-refractivity contribution in [2.75, 3.05) is 13.1 Å². The number of carbonyl (C=O) groups excluding carboxylic acids is 5. The van der Waals surface area contributed by atoms with Gasteiger partial charge in [-0.15, -0.1) is 0 Å². The SMILES string of the molecule is CCCCCC(=O)NCCCCC(NC(=O)CCCCC)C(=O)NC(CCCCNC(=O)CCCC)C(C)=O. The number of nitrogens with one attached hydrogen (secondary N) is 4. The van der Waals surface area contributed by atoms with Crippen molar-refractivity contribution < 1.29 is 24.0 Å². The molecule has 0 saturated carbocycles. The summed E-state index contributed by atoms with van der Waals surface area (Å²) in [6.07, 6.45) is 12.7. The zero-order valence-electron chi connectivity index (χ0n) is 25.1. The summed E-state index contributed by atoms with van der Waals surface area (Å²) in [5.41, 5.74) is 0. The first-order chi connectivity index (χ1) is 18.7. The first kappa shape index (κ1) is 36.5. The van der Waals surface area contributed by atoms with E-state index < -0.39 is 12.1 Å². The molecule has 0 radical (unpaired) electrons. The van der Waals surface area contributed by atoms with Gasteiger partial charge in [-0.2, -0.15) is 0 Å². The maximum Gasteiger partial charge on any atom is 0.243 e. The molecule has 226 valence electrons. The van der Waals surface area contributed by atoms with Gasteiger partial charge < -0.3 is 21.3 Å². The minimum absolute atomic E-state index is 0.0434. The van der Waals surface area contributed by atoms with Gasteiger partial charge in [0.15, 0.2) is 5.78 Å². The van der Waals surface area contributed by atoms with Crippen molar-refractivity contribution in [2.45, 2.75) is 149 Å². The van der Waals surface area contributed by atoms with Crippen LogP contribution in [-0.4, -0.2) is 54.6 Å². The summed E-state index contributed by atoms with van der Waals surface area (Å²) < 4.78 is 0. The Morgan fingerprint density at radius 1 is 0.513 bits per heavy atom. The molecule has 0 aromatic heterocycles. The molecule has 0 aliphatic heterocycles. The minimum atomic E-state index is -0.723. The smallest absolute Gasteiger partial charge is 0.243 e. The van der Waals surface area contributed by atoms with Crippen molar-refractivity contribution >= 4 is 29.4 Å². The van der Waals surface area contributed by atoms with Crippen molar-refractivity contribution in [3.05, 3.63) is 0 Å². The lowest BCUT2D eigenvalue weighted by Crippen LogP contribution is -2.51. The molecule has 4 amide bonds. The zero-order valence-corrected chi connectivity index (χ0v) is 25.1. The number of carbonyl (C=O) groups is 5. The van der Waals surface area contributed by atoms with Crippen LogP contribution in [0.4, 0.5) is 0 Å². The van der Waals surface area contributed by atoms with E-state index in [4.69, 9.17) is 0 Å². The average molecular weight is 553 g/mol. The van der Waals surface area contributed by atoms with E-state index in [1.807, 2.05) is 6.92 Å². The standard InChI is InChI=1S/C30H56N4O5/c1-5-8-11-20-28(37)32-23-16-14-18-26(33-29(38)21-12-9-6-2)30(39)34-25(24(4)35)17-13-15-22-31-27(36)19-10-7-3/h25-26H,5-23H2,1-4H3,(H,31,36)(H,32,37)(H,33,38)(H,34,39). The number of hydrogen-bond acceptors (Lipinski definition) is 5. The highest BCUT2D eigenvalue weighted by Gasteiger charge is 2.24. The molecule has 0 saturated heterocycles. The Kier molecular flexibility index (Phi) is 23.0. The molecule has 4 N–H and O–H groups in total. The Morgan fingerprint density at radius 3 is 1.46 bits per heavy atom. The van der Waals surface area contributed by atoms with Crippen LogP contribution < -0.4 is 21.3 Å². The molecule has 0 heterocycles. The molecular weight excluding hydrogens is 496 g/mol. The molecule has 0 aliphatic carbocycles. The third kappa shape index (κ3) is 21.1. The highest BCUT2D eigenvalue weighted by molar-refractivity contribution is 5.92. The summed E-state index contributed by atoms with van der Waals surface area (Å²) in [4.78, 5) is 61.5. The van der Waals surface area contributed by atoms with E-state index >= 15 is 0 Å². The summed E-state index contributed by atoms with van der Waals surface area (Å²) in [6.45, 7) is 8.75. The summed E-state index contributed by atoms with van der Waals surface area (Å²) in [5, 5.41) is 11.5. The average Bonchev–Trinajstić information content (AvgIpc) is 2.90. The second-order valence-corrected chi connectivity index (χ2v) is 10.5. The molecule has 0 aliphatic rings. The highest BCUT2D eigenvalue weighted by Crippen LogP contribution is 2.08. The topological polar surface area (TPSA) is 133 Å². The summed E-state index contributed by atoms with van der Waals surface area (Å²) in [6, 6.07) is -1.35. The van der Waals surface area contributed by atoms with Gasteiger partial charge in [-0.25, -0.2) is 0 Å². The van der Waals surface area contributed by atoms with Crippen molar-refractivity contribution in [1.29, 1.82) is 0 Å². The second-order valence-electron chi connectivity index (χ2n) is 10.5. The van der Waals surface area contributed by atoms with Crippen LogP contribution in [0.1, 0.15) is 137 Å². The molecule has 0 spiro atoms. The van der Waals surface area contributed by atoms with E-state index in [0.29, 0.717) is 64.5 Å². The third-order valence-corrected chi connectivity index (χ3v) is 6.71. The Hall–Kier alpha value is -2.45. The molecule has 0 rings (SSSR count). The molecule has 9 nitrogen and oxygen atoms in total. The van der Waals surface area contributed by atoms with Gasteiger partial charge in [0.1, 0.15) is 6.04 Å². The molecule has 0 aromatic rings. The Balaban J connectivity index is 4.75. The monoisotopic (exact) mass is 552 g/mol. The first-order valence-electron chi connectivity index (χ1n) is 15.4. The lowest BCUT2D eigenvalue weighted by molar-refractivity contribution is -0.131. The van der Waals surface area contributed by atoms with Gasteiger partial charge in [0.05, 0.1) is 6.04 Å². The largest absolute Gasteiger partial charge is 0.356 e. The number of ketones is 1. The molecule has 0 fully saturated rings. The van der Waals surface area contributed by atoms with Gasteiger partial charge in [-0.05, 0) is 64.7 Å². The van der Waals surface area contributed by atoms with E-state index in [1.54, 1.807) is 0 Å². The van der Waals surface area contributed by atoms with Crippen molar-refractivity contribution in [3.8, 4) is 0 Å². The predicted octanol–water partition coefficient (Wildman–Crippen LogP) is 4.47. The second kappa shape index (κ2) is 24.6. The Labute approximate surface area is 236 Å². The van der Waals surface area contributed by atoms with Gasteiger partial charge in [-0.1, -0.05) is 52.9 Å². The molecular formula is C30H56N4O5. The lowest BCUT2D eigenvalue weighted by Gasteiger charge is -2.22. The predicted molar refractivity (Wildman–Crippen MR) is 156 cm³/mol. The van der Waals surface area contributed by atoms with Crippen molar-refractivity contribution in [2.24, 2.45) is 0 Å². The van der Waals surface area contributed by atoms with E-state index in [1.165, 1.54) is 6.92 Å². The van der Waals surface area contributed by atoms with Gasteiger partial charge in [0.25, 0.3) is 0 Å². The first-order valence-corrected chi connectivity index (χ1v) is 15.4. The molecule has 2 atom stereocenters. The van der Waals surface area contributed by atoms with Gasteiger partial charge in [0, 0.05) is 32.4 Å². The van der Waals surface area contributed by atoms with Crippen LogP contribution in [0.5, 0.6) is 0 Å². The fourth-order valence-electron chi connectivity index (χ4n) is 4.17. The molecule has 9 heteroatoms. The highest BCUT2D eigenvalue weighted by atomic mass is 16.2. The molecule has 2 unspecified atom stereocenters. The van der Waals surface area contributed by atoms with Crippen LogP contribution in [0.15, 0.2) is 0 Å². The Morgan fingerprint density at radius 2 is 0.974 bits per heavy atom. The molecule has 0 aromatic carbocycles. The van der Waals surface area contributed by atoms with E-state index in [2.05, 4.69) is 35.1 Å². The maximum atomic E-state index is 13.1. The fraction of sp³-hybridized carbons (Fsp3) is 0.833. The summed E-state index contributed by atoms with van der Waals surface area (Å²) in [7, 11) is 0. The Bertz CT molecular complexity index is 713. The number of amides is 4. The zero-order chi connectivity index (χ0) is 29.3. The van der Waals surface area contributed by atoms with E-state index in [-0.39, 0.29) is 29.4 Å². The van der Waals surface area contributed by atoms with Gasteiger partial charge in [0.2, 0.25) is 23.6 Å². The number of unbranched alkanes of at least 4 members (excludes halogenated alkanes) is 7. The fourth-order valence-corrected chi connectivity index (χ4v) is 4.17. The van der Waals surface area contributed by atoms with Gasteiger partial charge >= 0.3 is 0 Å². The van der Waals surface area contributed by atoms with Crippen LogP contribution in [0.2, 0.25) is 0 Å². The number of rotatable bonds is 25. The summed E-state index contributed by atoms with van der Waals surface area (Å²) >= 11 is 0. The van der Waals surface area contributed by atoms with Crippen LogP contribution in [0, 0.1) is 0 Å². The van der Waals surface area contributed by atoms with Gasteiger partial charge in [-0.3, -0.25) is 24.0 Å². The van der Waals surface area contributed by atoms with Crippen molar-refractivity contribution in [1.82, 2.24) is 21.3 Å². The van der Waals surface area contributed by atoms with Crippen molar-refractivity contribution in [3.63, 3.8) is 0 Å². The normalized spacial score (nSPS) is 12.3. The van der Waals surface area contributed by atoms with Crippen LogP contribution in [-0.2, 0) is 24.0 Å². The quantitative estimate of drug-likeness (QED) is 0.124. The number of Topliss-reactive ketones (excluding diaryl/α,β-unsaturated/α-hetero) is 1. The minimum Gasteiger partial charge on any atom is -0.356 e. The van der Waals surface area contributed by atoms with E-state index in [0.717, 1.165) is 57.8 Å². The van der Waals surface area contributed by atoms with Crippen LogP contribution >= 0.6 is 0 Å². The lowest BCUT2D eigenvalue weighted by atomic mass is 10.0.